The van der Waals surface area contributed by atoms with Crippen molar-refractivity contribution in [3.05, 3.63) is 17.8 Å². The minimum Gasteiger partial charge on any atom is -0.396 e. The molecule has 0 aliphatic carbocycles. The van der Waals surface area contributed by atoms with E-state index in [0.29, 0.717) is 24.6 Å². The number of pyridine rings is 1. The van der Waals surface area contributed by atoms with Gasteiger partial charge in [-0.2, -0.15) is 0 Å². The average Bonchev–Trinajstić information content (AvgIpc) is 2.29. The van der Waals surface area contributed by atoms with E-state index < -0.39 is 0 Å². The highest BCUT2D eigenvalue weighted by atomic mass is 16.2. The lowest BCUT2D eigenvalue weighted by Gasteiger charge is -2.19. The summed E-state index contributed by atoms with van der Waals surface area (Å²) in [5.41, 5.74) is 7.37. The van der Waals surface area contributed by atoms with Gasteiger partial charge in [-0.05, 0) is 32.4 Å². The van der Waals surface area contributed by atoms with E-state index >= 15 is 0 Å². The molecule has 0 fully saturated rings. The van der Waals surface area contributed by atoms with Crippen molar-refractivity contribution in [3.8, 4) is 0 Å². The quantitative estimate of drug-likeness (QED) is 0.807. The summed E-state index contributed by atoms with van der Waals surface area (Å²) in [5, 5.41) is 2.96. The second-order valence-corrected chi connectivity index (χ2v) is 3.87. The van der Waals surface area contributed by atoms with Crippen molar-refractivity contribution in [2.45, 2.75) is 20.8 Å². The average molecular weight is 236 g/mol. The molecule has 0 atom stereocenters. The molecule has 5 heteroatoms. The van der Waals surface area contributed by atoms with Crippen LogP contribution in [-0.2, 0) is 4.79 Å². The Bertz CT molecular complexity index is 388. The molecule has 0 saturated heterocycles. The number of likely N-dealkylation sites (N-methyl/N-ethyl adjacent to an activating group) is 1. The van der Waals surface area contributed by atoms with E-state index in [0.717, 1.165) is 5.56 Å². The summed E-state index contributed by atoms with van der Waals surface area (Å²) < 4.78 is 0. The van der Waals surface area contributed by atoms with E-state index in [4.69, 9.17) is 5.73 Å². The Labute approximate surface area is 102 Å². The van der Waals surface area contributed by atoms with Gasteiger partial charge in [0.2, 0.25) is 5.91 Å². The molecule has 0 bridgehead atoms. The van der Waals surface area contributed by atoms with Gasteiger partial charge in [0.25, 0.3) is 0 Å². The number of amides is 1. The van der Waals surface area contributed by atoms with Crippen molar-refractivity contribution in [1.29, 1.82) is 0 Å². The first-order valence-corrected chi connectivity index (χ1v) is 5.82. The zero-order valence-corrected chi connectivity index (χ0v) is 10.7. The van der Waals surface area contributed by atoms with Crippen LogP contribution in [0.3, 0.4) is 0 Å². The second kappa shape index (κ2) is 6.08. The predicted molar refractivity (Wildman–Crippen MR) is 69.8 cm³/mol. The Kier molecular flexibility index (Phi) is 4.75. The first-order chi connectivity index (χ1) is 8.08. The fourth-order valence-electron chi connectivity index (χ4n) is 1.59. The SMILES string of the molecule is CCN(CC)C(=O)CNc1ncc(C)cc1N. The van der Waals surface area contributed by atoms with Gasteiger partial charge in [-0.1, -0.05) is 0 Å². The topological polar surface area (TPSA) is 71.2 Å². The van der Waals surface area contributed by atoms with Crippen LogP contribution >= 0.6 is 0 Å². The monoisotopic (exact) mass is 236 g/mol. The molecule has 0 aromatic carbocycles. The molecule has 17 heavy (non-hydrogen) atoms. The molecule has 1 heterocycles. The maximum Gasteiger partial charge on any atom is 0.241 e. The third-order valence-electron chi connectivity index (χ3n) is 2.58. The number of hydrogen-bond donors (Lipinski definition) is 2. The summed E-state index contributed by atoms with van der Waals surface area (Å²) in [4.78, 5) is 17.7. The van der Waals surface area contributed by atoms with Gasteiger partial charge in [-0.15, -0.1) is 0 Å². The Hall–Kier alpha value is -1.78. The van der Waals surface area contributed by atoms with Crippen molar-refractivity contribution < 1.29 is 4.79 Å². The Morgan fingerprint density at radius 1 is 1.47 bits per heavy atom. The Morgan fingerprint density at radius 2 is 2.12 bits per heavy atom. The van der Waals surface area contributed by atoms with Gasteiger partial charge in [0.1, 0.15) is 5.82 Å². The van der Waals surface area contributed by atoms with Crippen LogP contribution in [0.25, 0.3) is 0 Å². The molecule has 0 spiro atoms. The third kappa shape index (κ3) is 3.62. The molecule has 1 aromatic heterocycles. The lowest BCUT2D eigenvalue weighted by molar-refractivity contribution is -0.128. The highest BCUT2D eigenvalue weighted by molar-refractivity contribution is 5.81. The second-order valence-electron chi connectivity index (χ2n) is 3.87. The van der Waals surface area contributed by atoms with Crippen molar-refractivity contribution in [1.82, 2.24) is 9.88 Å². The number of carbonyl (C=O) groups is 1. The van der Waals surface area contributed by atoms with Crippen LogP contribution in [0.2, 0.25) is 0 Å². The third-order valence-corrected chi connectivity index (χ3v) is 2.58. The number of carbonyl (C=O) groups excluding carboxylic acids is 1. The highest BCUT2D eigenvalue weighted by Crippen LogP contribution is 2.15. The van der Waals surface area contributed by atoms with E-state index in [1.807, 2.05) is 26.8 Å². The summed E-state index contributed by atoms with van der Waals surface area (Å²) in [7, 11) is 0. The van der Waals surface area contributed by atoms with Crippen LogP contribution in [0.5, 0.6) is 0 Å². The highest BCUT2D eigenvalue weighted by Gasteiger charge is 2.10. The number of aryl methyl sites for hydroxylation is 1. The first kappa shape index (κ1) is 13.3. The van der Waals surface area contributed by atoms with Crippen molar-refractivity contribution in [2.24, 2.45) is 0 Å². The van der Waals surface area contributed by atoms with Crippen LogP contribution < -0.4 is 11.1 Å². The summed E-state index contributed by atoms with van der Waals surface area (Å²) in [5.74, 6) is 0.618. The summed E-state index contributed by atoms with van der Waals surface area (Å²) in [6.45, 7) is 7.50. The van der Waals surface area contributed by atoms with Gasteiger partial charge in [-0.25, -0.2) is 4.98 Å². The Morgan fingerprint density at radius 3 is 2.65 bits per heavy atom. The number of nitrogens with two attached hydrogens (primary N) is 1. The number of anilines is 2. The molecule has 0 saturated carbocycles. The van der Waals surface area contributed by atoms with Gasteiger partial charge in [0, 0.05) is 19.3 Å². The number of hydrogen-bond acceptors (Lipinski definition) is 4. The molecule has 94 valence electrons. The van der Waals surface area contributed by atoms with Crippen LogP contribution in [0, 0.1) is 6.92 Å². The van der Waals surface area contributed by atoms with Crippen LogP contribution in [0.15, 0.2) is 12.3 Å². The van der Waals surface area contributed by atoms with Crippen molar-refractivity contribution in [3.63, 3.8) is 0 Å². The predicted octanol–water partition coefficient (Wildman–Crippen LogP) is 1.25. The van der Waals surface area contributed by atoms with Gasteiger partial charge in [-0.3, -0.25) is 4.79 Å². The lowest BCUT2D eigenvalue weighted by atomic mass is 10.3. The largest absolute Gasteiger partial charge is 0.396 e. The fraction of sp³-hybridized carbons (Fsp3) is 0.500. The summed E-state index contributed by atoms with van der Waals surface area (Å²) in [6.07, 6.45) is 1.72. The maximum absolute atomic E-state index is 11.8. The van der Waals surface area contributed by atoms with E-state index in [-0.39, 0.29) is 12.5 Å². The molecule has 0 unspecified atom stereocenters. The zero-order valence-electron chi connectivity index (χ0n) is 10.7. The molecule has 0 aliphatic rings. The molecule has 0 aliphatic heterocycles. The molecule has 1 aromatic rings. The number of rotatable bonds is 5. The molecule has 5 nitrogen and oxygen atoms in total. The lowest BCUT2D eigenvalue weighted by Crippen LogP contribution is -2.35. The normalized spacial score (nSPS) is 10.1. The molecule has 1 rings (SSSR count). The van der Waals surface area contributed by atoms with E-state index in [1.54, 1.807) is 11.1 Å². The minimum absolute atomic E-state index is 0.0526. The van der Waals surface area contributed by atoms with Crippen LogP contribution in [0.4, 0.5) is 11.5 Å². The number of aromatic nitrogens is 1. The maximum atomic E-state index is 11.8. The van der Waals surface area contributed by atoms with Gasteiger partial charge >= 0.3 is 0 Å². The van der Waals surface area contributed by atoms with Crippen LogP contribution in [-0.4, -0.2) is 35.4 Å². The van der Waals surface area contributed by atoms with E-state index in [9.17, 15) is 4.79 Å². The van der Waals surface area contributed by atoms with Gasteiger partial charge < -0.3 is 16.0 Å². The van der Waals surface area contributed by atoms with Crippen molar-refractivity contribution >= 4 is 17.4 Å². The first-order valence-electron chi connectivity index (χ1n) is 5.82. The number of nitrogen functional groups attached to an aromatic ring is 1. The minimum atomic E-state index is 0.0526. The van der Waals surface area contributed by atoms with E-state index in [2.05, 4.69) is 10.3 Å². The molecule has 1 amide bonds. The zero-order chi connectivity index (χ0) is 12.8. The van der Waals surface area contributed by atoms with Gasteiger partial charge in [0.05, 0.1) is 12.2 Å². The smallest absolute Gasteiger partial charge is 0.241 e. The molecule has 3 N–H and O–H groups in total. The molecular weight excluding hydrogens is 216 g/mol. The standard InChI is InChI=1S/C12H20N4O/c1-4-16(5-2)11(17)8-15-12-10(13)6-9(3)7-14-12/h6-7H,4-5,8,13H2,1-3H3,(H,14,15). The number of nitrogens with one attached hydrogen (secondary N) is 1. The summed E-state index contributed by atoms with van der Waals surface area (Å²) in [6, 6.07) is 1.83. The van der Waals surface area contributed by atoms with Gasteiger partial charge in [0.15, 0.2) is 0 Å². The Balaban J connectivity index is 2.58. The fourth-order valence-corrected chi connectivity index (χ4v) is 1.59. The number of nitrogens with zero attached hydrogens (tertiary/aromatic N) is 2. The molecule has 0 radical (unpaired) electrons. The molecular formula is C12H20N4O. The van der Waals surface area contributed by atoms with Crippen molar-refractivity contribution in [2.75, 3.05) is 30.7 Å². The van der Waals surface area contributed by atoms with Crippen LogP contribution in [0.1, 0.15) is 19.4 Å². The summed E-state index contributed by atoms with van der Waals surface area (Å²) >= 11 is 0. The van der Waals surface area contributed by atoms with E-state index in [1.165, 1.54) is 0 Å².